The van der Waals surface area contributed by atoms with Crippen LogP contribution >= 0.6 is 23.2 Å². The van der Waals surface area contributed by atoms with E-state index in [-0.39, 0.29) is 55.6 Å². The molecule has 0 spiro atoms. The Labute approximate surface area is 215 Å². The van der Waals surface area contributed by atoms with Crippen molar-refractivity contribution in [1.82, 2.24) is 15.1 Å². The van der Waals surface area contributed by atoms with E-state index in [1.807, 2.05) is 13.8 Å². The van der Waals surface area contributed by atoms with E-state index in [1.54, 1.807) is 49.4 Å². The summed E-state index contributed by atoms with van der Waals surface area (Å²) in [5.74, 6) is -1.26. The van der Waals surface area contributed by atoms with Crippen LogP contribution in [0, 0.1) is 0 Å². The summed E-state index contributed by atoms with van der Waals surface area (Å²) in [5, 5.41) is 3.78. The van der Waals surface area contributed by atoms with Gasteiger partial charge in [0.25, 0.3) is 11.8 Å². The van der Waals surface area contributed by atoms with Gasteiger partial charge in [-0.1, -0.05) is 48.3 Å². The molecule has 7 nitrogen and oxygen atoms in total. The highest BCUT2D eigenvalue weighted by atomic mass is 35.5. The number of benzene rings is 2. The Morgan fingerprint density at radius 3 is 2.23 bits per heavy atom. The molecule has 2 aromatic rings. The lowest BCUT2D eigenvalue weighted by molar-refractivity contribution is -0.141. The van der Waals surface area contributed by atoms with Crippen molar-refractivity contribution in [3.8, 4) is 0 Å². The van der Waals surface area contributed by atoms with Gasteiger partial charge < -0.3 is 10.2 Å². The number of rotatable bonds is 10. The van der Waals surface area contributed by atoms with Crippen LogP contribution in [0.5, 0.6) is 0 Å². The van der Waals surface area contributed by atoms with Crippen molar-refractivity contribution in [1.29, 1.82) is 0 Å². The Morgan fingerprint density at radius 2 is 1.66 bits per heavy atom. The van der Waals surface area contributed by atoms with E-state index in [4.69, 9.17) is 23.2 Å². The van der Waals surface area contributed by atoms with Gasteiger partial charge in [0.15, 0.2) is 0 Å². The normalized spacial score (nSPS) is 14.5. The van der Waals surface area contributed by atoms with Gasteiger partial charge >= 0.3 is 0 Å². The fourth-order valence-electron chi connectivity index (χ4n) is 3.86. The molecule has 186 valence electrons. The second kappa shape index (κ2) is 11.7. The molecule has 0 fully saturated rings. The molecule has 4 amide bonds. The van der Waals surface area contributed by atoms with Gasteiger partial charge in [0.2, 0.25) is 11.8 Å². The average molecular weight is 518 g/mol. The Morgan fingerprint density at radius 1 is 1.03 bits per heavy atom. The lowest BCUT2D eigenvalue weighted by Gasteiger charge is -2.30. The van der Waals surface area contributed by atoms with E-state index in [1.165, 1.54) is 4.90 Å². The first kappa shape index (κ1) is 26.7. The van der Waals surface area contributed by atoms with Gasteiger partial charge in [-0.15, -0.1) is 0 Å². The SMILES string of the molecule is CC[C@@H](C)NC(=O)[C@@H](C)N(Cc1ccc(Cl)cc1Cl)C(=O)CCCN1C(=O)c2ccccc2C1=O. The molecule has 0 bridgehead atoms. The first-order valence-corrected chi connectivity index (χ1v) is 12.4. The van der Waals surface area contributed by atoms with Crippen LogP contribution in [0.15, 0.2) is 42.5 Å². The van der Waals surface area contributed by atoms with E-state index in [0.717, 1.165) is 11.3 Å². The summed E-state index contributed by atoms with van der Waals surface area (Å²) in [7, 11) is 0. The molecule has 35 heavy (non-hydrogen) atoms. The number of fused-ring (bicyclic) bond motifs is 1. The Balaban J connectivity index is 1.70. The minimum atomic E-state index is -0.748. The van der Waals surface area contributed by atoms with Crippen LogP contribution in [0.3, 0.4) is 0 Å². The lowest BCUT2D eigenvalue weighted by Crippen LogP contribution is -2.49. The van der Waals surface area contributed by atoms with Gasteiger partial charge in [-0.3, -0.25) is 24.1 Å². The van der Waals surface area contributed by atoms with Gasteiger partial charge in [-0.25, -0.2) is 0 Å². The summed E-state index contributed by atoms with van der Waals surface area (Å²) in [5.41, 5.74) is 1.41. The van der Waals surface area contributed by atoms with Crippen LogP contribution in [0.4, 0.5) is 0 Å². The zero-order chi connectivity index (χ0) is 25.7. The fraction of sp³-hybridized carbons (Fsp3) is 0.385. The van der Waals surface area contributed by atoms with E-state index >= 15 is 0 Å². The second-order valence-corrected chi connectivity index (χ2v) is 9.51. The molecule has 0 unspecified atom stereocenters. The van der Waals surface area contributed by atoms with Crippen molar-refractivity contribution in [2.24, 2.45) is 0 Å². The summed E-state index contributed by atoms with van der Waals surface area (Å²) in [6.07, 6.45) is 1.09. The third-order valence-electron chi connectivity index (χ3n) is 6.17. The van der Waals surface area contributed by atoms with Crippen LogP contribution in [0.1, 0.15) is 66.3 Å². The minimum absolute atomic E-state index is 0.0326. The topological polar surface area (TPSA) is 86.8 Å². The van der Waals surface area contributed by atoms with Gasteiger partial charge in [0.05, 0.1) is 11.1 Å². The van der Waals surface area contributed by atoms with E-state index in [0.29, 0.717) is 26.7 Å². The molecule has 0 saturated heterocycles. The summed E-state index contributed by atoms with van der Waals surface area (Å²) in [6, 6.07) is 10.9. The van der Waals surface area contributed by atoms with E-state index < -0.39 is 6.04 Å². The van der Waals surface area contributed by atoms with Crippen LogP contribution in [0.2, 0.25) is 10.0 Å². The predicted octanol–water partition coefficient (Wildman–Crippen LogP) is 4.70. The number of amides is 4. The Kier molecular flexibility index (Phi) is 8.92. The van der Waals surface area contributed by atoms with Crippen LogP contribution < -0.4 is 5.32 Å². The molecule has 2 atom stereocenters. The van der Waals surface area contributed by atoms with Crippen molar-refractivity contribution < 1.29 is 19.2 Å². The monoisotopic (exact) mass is 517 g/mol. The Bertz CT molecular complexity index is 1100. The van der Waals surface area contributed by atoms with Crippen molar-refractivity contribution in [3.05, 3.63) is 69.2 Å². The Hall–Kier alpha value is -2.90. The first-order valence-electron chi connectivity index (χ1n) is 11.6. The average Bonchev–Trinajstić information content (AvgIpc) is 3.08. The summed E-state index contributed by atoms with van der Waals surface area (Å²) >= 11 is 12.3. The van der Waals surface area contributed by atoms with E-state index in [2.05, 4.69) is 5.32 Å². The van der Waals surface area contributed by atoms with Gasteiger partial charge in [-0.05, 0) is 56.5 Å². The highest BCUT2D eigenvalue weighted by molar-refractivity contribution is 6.35. The maximum absolute atomic E-state index is 13.3. The van der Waals surface area contributed by atoms with E-state index in [9.17, 15) is 19.2 Å². The van der Waals surface area contributed by atoms with Crippen molar-refractivity contribution in [2.75, 3.05) is 6.54 Å². The van der Waals surface area contributed by atoms with Gasteiger partial charge in [0.1, 0.15) is 6.04 Å². The molecule has 0 radical (unpaired) electrons. The number of nitrogens with one attached hydrogen (secondary N) is 1. The molecule has 0 saturated carbocycles. The first-order chi connectivity index (χ1) is 16.6. The molecule has 1 N–H and O–H groups in total. The number of carbonyl (C=O) groups excluding carboxylic acids is 4. The number of nitrogens with zero attached hydrogens (tertiary/aromatic N) is 2. The zero-order valence-corrected chi connectivity index (χ0v) is 21.5. The second-order valence-electron chi connectivity index (χ2n) is 8.66. The molecule has 1 heterocycles. The number of hydrogen-bond donors (Lipinski definition) is 1. The van der Waals surface area contributed by atoms with Crippen LogP contribution in [0.25, 0.3) is 0 Å². The number of hydrogen-bond acceptors (Lipinski definition) is 4. The maximum Gasteiger partial charge on any atom is 0.261 e. The third-order valence-corrected chi connectivity index (χ3v) is 6.76. The number of imide groups is 1. The highest BCUT2D eigenvalue weighted by Gasteiger charge is 2.35. The summed E-state index contributed by atoms with van der Waals surface area (Å²) < 4.78 is 0. The minimum Gasteiger partial charge on any atom is -0.352 e. The fourth-order valence-corrected chi connectivity index (χ4v) is 4.32. The quantitative estimate of drug-likeness (QED) is 0.462. The largest absolute Gasteiger partial charge is 0.352 e. The molecule has 0 aliphatic carbocycles. The molecule has 3 rings (SSSR count). The number of carbonyl (C=O) groups is 4. The third kappa shape index (κ3) is 6.21. The molecule has 0 aromatic heterocycles. The smallest absolute Gasteiger partial charge is 0.261 e. The lowest BCUT2D eigenvalue weighted by atomic mass is 10.1. The van der Waals surface area contributed by atoms with Crippen LogP contribution in [-0.4, -0.2) is 52.1 Å². The molecule has 1 aliphatic heterocycles. The van der Waals surface area contributed by atoms with Gasteiger partial charge in [0, 0.05) is 35.6 Å². The summed E-state index contributed by atoms with van der Waals surface area (Å²) in [4.78, 5) is 53.9. The van der Waals surface area contributed by atoms with Crippen molar-refractivity contribution >= 4 is 46.8 Å². The molecule has 9 heteroatoms. The highest BCUT2D eigenvalue weighted by Crippen LogP contribution is 2.25. The standard InChI is InChI=1S/C26H29Cl2N3O4/c1-4-16(2)29-24(33)17(3)31(15-18-11-12-19(27)14-22(18)28)23(32)10-7-13-30-25(34)20-8-5-6-9-21(20)26(30)35/h5-6,8-9,11-12,14,16-17H,4,7,10,13,15H2,1-3H3,(H,29,33)/t16-,17-/m1/s1. The summed E-state index contributed by atoms with van der Waals surface area (Å²) in [6.45, 7) is 5.77. The van der Waals surface area contributed by atoms with Crippen molar-refractivity contribution in [2.45, 2.75) is 58.7 Å². The van der Waals surface area contributed by atoms with Gasteiger partial charge in [-0.2, -0.15) is 0 Å². The number of halogens is 2. The molecular formula is C26H29Cl2N3O4. The zero-order valence-electron chi connectivity index (χ0n) is 20.0. The molecule has 1 aliphatic rings. The molecular weight excluding hydrogens is 489 g/mol. The van der Waals surface area contributed by atoms with Crippen molar-refractivity contribution in [3.63, 3.8) is 0 Å². The maximum atomic E-state index is 13.3. The predicted molar refractivity (Wildman–Crippen MR) is 135 cm³/mol. The molecule has 2 aromatic carbocycles. The van der Waals surface area contributed by atoms with Crippen LogP contribution in [-0.2, 0) is 16.1 Å².